The lowest BCUT2D eigenvalue weighted by atomic mass is 9.88. The lowest BCUT2D eigenvalue weighted by molar-refractivity contribution is -0.00657. The first kappa shape index (κ1) is 17.0. The van der Waals surface area contributed by atoms with Gasteiger partial charge in [0, 0.05) is 36.4 Å². The number of aromatic nitrogens is 1. The number of benzene rings is 1. The van der Waals surface area contributed by atoms with Crippen molar-refractivity contribution in [3.05, 3.63) is 35.0 Å². The van der Waals surface area contributed by atoms with Gasteiger partial charge in [0.2, 0.25) is 0 Å². The molecule has 2 heterocycles. The fourth-order valence-corrected chi connectivity index (χ4v) is 3.55. The van der Waals surface area contributed by atoms with E-state index in [9.17, 15) is 4.79 Å². The van der Waals surface area contributed by atoms with Crippen molar-refractivity contribution in [1.29, 1.82) is 0 Å². The van der Waals surface area contributed by atoms with Crippen LogP contribution in [0.3, 0.4) is 0 Å². The molecule has 1 aromatic carbocycles. The number of nitrogens with one attached hydrogen (secondary N) is 2. The molecule has 1 aromatic heterocycles. The smallest absolute Gasteiger partial charge is 0.253 e. The van der Waals surface area contributed by atoms with Crippen LogP contribution in [0.2, 0.25) is 0 Å². The van der Waals surface area contributed by atoms with Gasteiger partial charge in [-0.2, -0.15) is 0 Å². The predicted octanol–water partition coefficient (Wildman–Crippen LogP) is 2.63. The molecule has 3 rings (SSSR count). The summed E-state index contributed by atoms with van der Waals surface area (Å²) >= 11 is 0. The van der Waals surface area contributed by atoms with Crippen molar-refractivity contribution in [2.24, 2.45) is 0 Å². The highest BCUT2D eigenvalue weighted by Crippen LogP contribution is 2.26. The maximum absolute atomic E-state index is 12.8. The number of amides is 1. The molecular weight excluding hydrogens is 302 g/mol. The number of carbonyl (C=O) groups excluding carboxylic acids is 1. The number of aromatic amines is 1. The molecule has 1 amide bonds. The topological polar surface area (TPSA) is 57.4 Å². The largest absolute Gasteiger partial charge is 0.381 e. The second kappa shape index (κ2) is 6.57. The fourth-order valence-electron chi connectivity index (χ4n) is 3.55. The summed E-state index contributed by atoms with van der Waals surface area (Å²) in [4.78, 5) is 18.4. The van der Waals surface area contributed by atoms with Crippen molar-refractivity contribution in [2.45, 2.75) is 32.2 Å². The molecule has 0 bridgehead atoms. The molecular formula is C19H27N3O2. The summed E-state index contributed by atoms with van der Waals surface area (Å²) < 4.78 is 5.50. The second-order valence-electron chi connectivity index (χ2n) is 7.02. The quantitative estimate of drug-likeness (QED) is 0.906. The average molecular weight is 329 g/mol. The second-order valence-corrected chi connectivity index (χ2v) is 7.02. The molecule has 0 atom stereocenters. The monoisotopic (exact) mass is 329 g/mol. The Morgan fingerprint density at radius 3 is 2.67 bits per heavy atom. The predicted molar refractivity (Wildman–Crippen MR) is 96.6 cm³/mol. The van der Waals surface area contributed by atoms with Crippen LogP contribution in [0.4, 0.5) is 0 Å². The zero-order chi connectivity index (χ0) is 17.3. The molecule has 2 N–H and O–H groups in total. The highest BCUT2D eigenvalue weighted by Gasteiger charge is 2.35. The van der Waals surface area contributed by atoms with Crippen molar-refractivity contribution < 1.29 is 9.53 Å². The van der Waals surface area contributed by atoms with E-state index < -0.39 is 0 Å². The van der Waals surface area contributed by atoms with Gasteiger partial charge in [-0.15, -0.1) is 0 Å². The molecule has 0 unspecified atom stereocenters. The molecule has 0 aliphatic carbocycles. The summed E-state index contributed by atoms with van der Waals surface area (Å²) in [5.41, 5.74) is 3.93. The first-order chi connectivity index (χ1) is 11.4. The van der Waals surface area contributed by atoms with E-state index in [0.29, 0.717) is 12.1 Å². The maximum Gasteiger partial charge on any atom is 0.253 e. The SMILES string of the molecule is Cc1[nH]c2c(C(=O)NCC3(N(C)C)CCOCC3)cccc2c1C. The zero-order valence-electron chi connectivity index (χ0n) is 15.0. The van der Waals surface area contributed by atoms with Gasteiger partial charge < -0.3 is 19.9 Å². The van der Waals surface area contributed by atoms with Gasteiger partial charge in [-0.05, 0) is 52.4 Å². The summed E-state index contributed by atoms with van der Waals surface area (Å²) in [6.07, 6.45) is 1.87. The maximum atomic E-state index is 12.8. The minimum Gasteiger partial charge on any atom is -0.381 e. The van der Waals surface area contributed by atoms with Crippen LogP contribution in [0.25, 0.3) is 10.9 Å². The number of carbonyl (C=O) groups is 1. The third-order valence-corrected chi connectivity index (χ3v) is 5.54. The van der Waals surface area contributed by atoms with Crippen LogP contribution in [0.15, 0.2) is 18.2 Å². The molecule has 1 aliphatic heterocycles. The van der Waals surface area contributed by atoms with Gasteiger partial charge in [-0.3, -0.25) is 4.79 Å². The van der Waals surface area contributed by atoms with Gasteiger partial charge in [-0.25, -0.2) is 0 Å². The molecule has 5 heteroatoms. The molecule has 130 valence electrons. The van der Waals surface area contributed by atoms with Crippen LogP contribution in [0, 0.1) is 13.8 Å². The van der Waals surface area contributed by atoms with Crippen LogP contribution >= 0.6 is 0 Å². The lowest BCUT2D eigenvalue weighted by Gasteiger charge is -2.42. The Hall–Kier alpha value is -1.85. The molecule has 1 aliphatic rings. The number of aryl methyl sites for hydroxylation is 2. The Morgan fingerprint density at radius 2 is 2.00 bits per heavy atom. The van der Waals surface area contributed by atoms with E-state index in [1.165, 1.54) is 5.56 Å². The van der Waals surface area contributed by atoms with Crippen molar-refractivity contribution in [1.82, 2.24) is 15.2 Å². The van der Waals surface area contributed by atoms with Gasteiger partial charge in [0.15, 0.2) is 0 Å². The first-order valence-corrected chi connectivity index (χ1v) is 8.56. The summed E-state index contributed by atoms with van der Waals surface area (Å²) in [5, 5.41) is 4.27. The minimum atomic E-state index is -0.0244. The van der Waals surface area contributed by atoms with Gasteiger partial charge in [0.1, 0.15) is 0 Å². The molecule has 1 fully saturated rings. The highest BCUT2D eigenvalue weighted by molar-refractivity contribution is 6.06. The number of hydrogen-bond donors (Lipinski definition) is 2. The Kier molecular flexibility index (Phi) is 4.65. The Morgan fingerprint density at radius 1 is 1.29 bits per heavy atom. The van der Waals surface area contributed by atoms with E-state index in [0.717, 1.165) is 42.7 Å². The molecule has 5 nitrogen and oxygen atoms in total. The number of hydrogen-bond acceptors (Lipinski definition) is 3. The van der Waals surface area contributed by atoms with Crippen molar-refractivity contribution in [3.8, 4) is 0 Å². The van der Waals surface area contributed by atoms with Crippen LogP contribution < -0.4 is 5.32 Å². The van der Waals surface area contributed by atoms with Gasteiger partial charge in [0.25, 0.3) is 5.91 Å². The van der Waals surface area contributed by atoms with Crippen molar-refractivity contribution in [3.63, 3.8) is 0 Å². The first-order valence-electron chi connectivity index (χ1n) is 8.56. The van der Waals surface area contributed by atoms with Crippen molar-refractivity contribution >= 4 is 16.8 Å². The highest BCUT2D eigenvalue weighted by atomic mass is 16.5. The van der Waals surface area contributed by atoms with E-state index in [4.69, 9.17) is 4.74 Å². The summed E-state index contributed by atoms with van der Waals surface area (Å²) in [6.45, 7) is 6.26. The van der Waals surface area contributed by atoms with Gasteiger partial charge in [0.05, 0.1) is 11.1 Å². The Bertz CT molecular complexity index is 742. The van der Waals surface area contributed by atoms with Crippen LogP contribution in [0.1, 0.15) is 34.5 Å². The summed E-state index contributed by atoms with van der Waals surface area (Å²) in [7, 11) is 4.16. The third-order valence-electron chi connectivity index (χ3n) is 5.54. The van der Waals surface area contributed by atoms with E-state index in [1.807, 2.05) is 19.1 Å². The number of nitrogens with zero attached hydrogens (tertiary/aromatic N) is 1. The number of para-hydroxylation sites is 1. The number of fused-ring (bicyclic) bond motifs is 1. The van der Waals surface area contributed by atoms with E-state index >= 15 is 0 Å². The zero-order valence-corrected chi connectivity index (χ0v) is 15.0. The fraction of sp³-hybridized carbons (Fsp3) is 0.526. The summed E-state index contributed by atoms with van der Waals surface area (Å²) in [6, 6.07) is 5.90. The number of rotatable bonds is 4. The van der Waals surface area contributed by atoms with Crippen molar-refractivity contribution in [2.75, 3.05) is 33.9 Å². The summed E-state index contributed by atoms with van der Waals surface area (Å²) in [5.74, 6) is -0.0189. The van der Waals surface area contributed by atoms with E-state index in [2.05, 4.69) is 42.3 Å². The molecule has 0 spiro atoms. The number of H-pyrrole nitrogens is 1. The van der Waals surface area contributed by atoms with E-state index in [1.54, 1.807) is 0 Å². The van der Waals surface area contributed by atoms with Crippen LogP contribution in [0.5, 0.6) is 0 Å². The molecule has 24 heavy (non-hydrogen) atoms. The molecule has 0 radical (unpaired) electrons. The van der Waals surface area contributed by atoms with Crippen LogP contribution in [-0.2, 0) is 4.74 Å². The third kappa shape index (κ3) is 2.94. The standard InChI is InChI=1S/C19H27N3O2/c1-13-14(2)21-17-15(13)6-5-7-16(17)18(23)20-12-19(22(3)4)8-10-24-11-9-19/h5-7,21H,8-12H2,1-4H3,(H,20,23). The van der Waals surface area contributed by atoms with Gasteiger partial charge in [-0.1, -0.05) is 12.1 Å². The van der Waals surface area contributed by atoms with Crippen LogP contribution in [-0.4, -0.2) is 55.2 Å². The minimum absolute atomic E-state index is 0.0189. The van der Waals surface area contributed by atoms with E-state index in [-0.39, 0.29) is 11.4 Å². The molecule has 2 aromatic rings. The van der Waals surface area contributed by atoms with Gasteiger partial charge >= 0.3 is 0 Å². The number of likely N-dealkylation sites (N-methyl/N-ethyl adjacent to an activating group) is 1. The number of ether oxygens (including phenoxy) is 1. The Balaban J connectivity index is 1.81. The lowest BCUT2D eigenvalue weighted by Crippen LogP contribution is -2.55. The normalized spacial score (nSPS) is 17.4. The molecule has 1 saturated heterocycles. The Labute approximate surface area is 143 Å². The molecule has 0 saturated carbocycles. The average Bonchev–Trinajstić information content (AvgIpc) is 2.88.